The van der Waals surface area contributed by atoms with E-state index in [1.807, 2.05) is 30.3 Å². The van der Waals surface area contributed by atoms with E-state index in [9.17, 15) is 9.90 Å². The predicted octanol–water partition coefficient (Wildman–Crippen LogP) is 2.48. The highest BCUT2D eigenvalue weighted by molar-refractivity contribution is 6.01. The van der Waals surface area contributed by atoms with Gasteiger partial charge in [0.1, 0.15) is 5.75 Å². The molecule has 106 valence electrons. The summed E-state index contributed by atoms with van der Waals surface area (Å²) in [5.41, 5.74) is 2.20. The van der Waals surface area contributed by atoms with E-state index in [1.54, 1.807) is 18.3 Å². The minimum Gasteiger partial charge on any atom is -0.508 e. The molecule has 0 saturated heterocycles. The number of phenolic OH excluding ortho intramolecular Hbond substituents is 1. The zero-order valence-corrected chi connectivity index (χ0v) is 11.6. The van der Waals surface area contributed by atoms with Gasteiger partial charge in [-0.25, -0.2) is 5.01 Å². The van der Waals surface area contributed by atoms with Crippen molar-refractivity contribution in [1.29, 1.82) is 0 Å². The maximum absolute atomic E-state index is 11.8. The molecule has 1 aromatic heterocycles. The van der Waals surface area contributed by atoms with Crippen LogP contribution >= 0.6 is 0 Å². The van der Waals surface area contributed by atoms with Gasteiger partial charge in [0.25, 0.3) is 0 Å². The summed E-state index contributed by atoms with van der Waals surface area (Å²) in [6, 6.07) is 12.3. The Morgan fingerprint density at radius 3 is 2.67 bits per heavy atom. The summed E-state index contributed by atoms with van der Waals surface area (Å²) in [6.45, 7) is 1.47. The number of phenols is 1. The van der Waals surface area contributed by atoms with Crippen molar-refractivity contribution < 1.29 is 9.90 Å². The van der Waals surface area contributed by atoms with Crippen LogP contribution < -0.4 is 0 Å². The number of carbonyl (C=O) groups is 1. The first-order chi connectivity index (χ1) is 10.2. The fourth-order valence-corrected chi connectivity index (χ4v) is 2.50. The number of hydrogen-bond donors (Lipinski definition) is 1. The van der Waals surface area contributed by atoms with Gasteiger partial charge in [0.05, 0.1) is 17.4 Å². The van der Waals surface area contributed by atoms with E-state index >= 15 is 0 Å². The van der Waals surface area contributed by atoms with Crippen LogP contribution in [0, 0.1) is 0 Å². The van der Waals surface area contributed by atoms with Crippen molar-refractivity contribution in [2.24, 2.45) is 5.10 Å². The lowest BCUT2D eigenvalue weighted by molar-refractivity contribution is -0.130. The van der Waals surface area contributed by atoms with Crippen LogP contribution in [0.15, 0.2) is 53.8 Å². The lowest BCUT2D eigenvalue weighted by Gasteiger charge is -2.21. The highest BCUT2D eigenvalue weighted by atomic mass is 16.3. The van der Waals surface area contributed by atoms with Crippen molar-refractivity contribution in [2.45, 2.75) is 19.4 Å². The van der Waals surface area contributed by atoms with Crippen molar-refractivity contribution in [3.05, 3.63) is 59.9 Å². The van der Waals surface area contributed by atoms with Crippen molar-refractivity contribution in [2.75, 3.05) is 0 Å². The molecule has 1 aromatic carbocycles. The van der Waals surface area contributed by atoms with E-state index in [4.69, 9.17) is 0 Å². The first-order valence-electron chi connectivity index (χ1n) is 6.73. The molecule has 0 bridgehead atoms. The average molecular weight is 281 g/mol. The van der Waals surface area contributed by atoms with Crippen molar-refractivity contribution in [1.82, 2.24) is 9.99 Å². The first kappa shape index (κ1) is 13.3. The number of aromatic hydroxyl groups is 1. The number of para-hydroxylation sites is 1. The van der Waals surface area contributed by atoms with Gasteiger partial charge in [0.15, 0.2) is 0 Å². The van der Waals surface area contributed by atoms with E-state index in [-0.39, 0.29) is 17.7 Å². The molecule has 5 heteroatoms. The topological polar surface area (TPSA) is 65.8 Å². The Hall–Kier alpha value is -2.69. The number of hydrogen-bond acceptors (Lipinski definition) is 4. The molecule has 2 aromatic rings. The molecule has 1 aliphatic heterocycles. The van der Waals surface area contributed by atoms with Gasteiger partial charge in [-0.2, -0.15) is 5.10 Å². The van der Waals surface area contributed by atoms with Crippen LogP contribution in [-0.4, -0.2) is 26.7 Å². The fourth-order valence-electron chi connectivity index (χ4n) is 2.50. The van der Waals surface area contributed by atoms with E-state index in [2.05, 4.69) is 10.1 Å². The van der Waals surface area contributed by atoms with Crippen LogP contribution in [0.2, 0.25) is 0 Å². The third-order valence-corrected chi connectivity index (χ3v) is 3.49. The number of hydrazone groups is 1. The molecule has 0 aliphatic carbocycles. The van der Waals surface area contributed by atoms with Crippen molar-refractivity contribution in [3.8, 4) is 5.75 Å². The summed E-state index contributed by atoms with van der Waals surface area (Å²) in [4.78, 5) is 16.1. The Kier molecular flexibility index (Phi) is 3.39. The minimum atomic E-state index is -0.291. The lowest BCUT2D eigenvalue weighted by Crippen LogP contribution is -2.24. The molecule has 0 unspecified atom stereocenters. The summed E-state index contributed by atoms with van der Waals surface area (Å²) in [5, 5.41) is 15.8. The summed E-state index contributed by atoms with van der Waals surface area (Å²) >= 11 is 0. The average Bonchev–Trinajstić information content (AvgIpc) is 2.94. The predicted molar refractivity (Wildman–Crippen MR) is 78.8 cm³/mol. The number of pyridine rings is 1. The second-order valence-corrected chi connectivity index (χ2v) is 4.90. The van der Waals surface area contributed by atoms with Gasteiger partial charge in [-0.05, 0) is 18.2 Å². The van der Waals surface area contributed by atoms with Gasteiger partial charge in [-0.1, -0.05) is 24.3 Å². The summed E-state index contributed by atoms with van der Waals surface area (Å²) in [5.74, 6) is 0.0143. The molecule has 1 amide bonds. The molecular weight excluding hydrogens is 266 g/mol. The fraction of sp³-hybridized carbons (Fsp3) is 0.188. The van der Waals surface area contributed by atoms with Crippen LogP contribution in [0.4, 0.5) is 0 Å². The van der Waals surface area contributed by atoms with Crippen LogP contribution in [0.1, 0.15) is 30.6 Å². The Morgan fingerprint density at radius 2 is 2.00 bits per heavy atom. The lowest BCUT2D eigenvalue weighted by atomic mass is 9.99. The molecule has 1 atom stereocenters. The first-order valence-corrected chi connectivity index (χ1v) is 6.73. The Labute approximate surface area is 122 Å². The zero-order chi connectivity index (χ0) is 14.8. The molecule has 0 fully saturated rings. The molecule has 5 nitrogen and oxygen atoms in total. The normalized spacial score (nSPS) is 17.7. The number of carbonyl (C=O) groups excluding carboxylic acids is 1. The highest BCUT2D eigenvalue weighted by Crippen LogP contribution is 2.36. The third kappa shape index (κ3) is 2.50. The van der Waals surface area contributed by atoms with Gasteiger partial charge < -0.3 is 5.11 Å². The van der Waals surface area contributed by atoms with Gasteiger partial charge in [-0.15, -0.1) is 0 Å². The maximum Gasteiger partial charge on any atom is 0.240 e. The van der Waals surface area contributed by atoms with Crippen molar-refractivity contribution in [3.63, 3.8) is 0 Å². The summed E-state index contributed by atoms with van der Waals surface area (Å²) in [7, 11) is 0. The number of rotatable bonds is 2. The molecule has 1 N–H and O–H groups in total. The quantitative estimate of drug-likeness (QED) is 0.919. The minimum absolute atomic E-state index is 0.158. The Morgan fingerprint density at radius 1 is 1.24 bits per heavy atom. The second-order valence-electron chi connectivity index (χ2n) is 4.90. The monoisotopic (exact) mass is 281 g/mol. The van der Waals surface area contributed by atoms with E-state index in [0.29, 0.717) is 12.0 Å². The van der Waals surface area contributed by atoms with Gasteiger partial charge in [0.2, 0.25) is 5.91 Å². The molecule has 0 saturated carbocycles. The summed E-state index contributed by atoms with van der Waals surface area (Å²) in [6.07, 6.45) is 2.23. The van der Waals surface area contributed by atoms with E-state index in [0.717, 1.165) is 11.4 Å². The van der Waals surface area contributed by atoms with Gasteiger partial charge in [0, 0.05) is 25.1 Å². The zero-order valence-electron chi connectivity index (χ0n) is 11.6. The van der Waals surface area contributed by atoms with Crippen LogP contribution in [0.25, 0.3) is 0 Å². The maximum atomic E-state index is 11.8. The van der Waals surface area contributed by atoms with Gasteiger partial charge >= 0.3 is 0 Å². The van der Waals surface area contributed by atoms with Crippen LogP contribution in [0.5, 0.6) is 5.75 Å². The molecule has 1 aliphatic rings. The second kappa shape index (κ2) is 5.36. The standard InChI is InChI=1S/C16H15N3O2/c1-11(20)19-15(12-6-2-3-8-16(12)21)10-14(18-19)13-7-4-5-9-17-13/h2-9,15,21H,10H2,1H3/t15-/m1/s1. The molecule has 0 radical (unpaired) electrons. The number of nitrogens with zero attached hydrogens (tertiary/aromatic N) is 3. The van der Waals surface area contributed by atoms with Crippen LogP contribution in [-0.2, 0) is 4.79 Å². The molecule has 2 heterocycles. The highest BCUT2D eigenvalue weighted by Gasteiger charge is 2.33. The SMILES string of the molecule is CC(=O)N1N=C(c2ccccn2)C[C@@H]1c1ccccc1O. The Bertz CT molecular complexity index is 698. The van der Waals surface area contributed by atoms with Crippen LogP contribution in [0.3, 0.4) is 0 Å². The Balaban J connectivity index is 1.98. The van der Waals surface area contributed by atoms with Crippen molar-refractivity contribution >= 4 is 11.6 Å². The summed E-state index contributed by atoms with van der Waals surface area (Å²) < 4.78 is 0. The number of aromatic nitrogens is 1. The molecule has 3 rings (SSSR count). The third-order valence-electron chi connectivity index (χ3n) is 3.49. The molecule has 21 heavy (non-hydrogen) atoms. The van der Waals surface area contributed by atoms with E-state index < -0.39 is 0 Å². The van der Waals surface area contributed by atoms with Gasteiger partial charge in [-0.3, -0.25) is 9.78 Å². The molecule has 0 spiro atoms. The molecular formula is C16H15N3O2. The van der Waals surface area contributed by atoms with E-state index in [1.165, 1.54) is 11.9 Å². The number of benzene rings is 1. The largest absolute Gasteiger partial charge is 0.508 e. The number of amides is 1. The smallest absolute Gasteiger partial charge is 0.240 e.